The van der Waals surface area contributed by atoms with Crippen molar-refractivity contribution in [1.29, 1.82) is 5.41 Å². The third-order valence-electron chi connectivity index (χ3n) is 6.63. The van der Waals surface area contributed by atoms with Gasteiger partial charge in [-0.25, -0.2) is 0 Å². The van der Waals surface area contributed by atoms with Crippen molar-refractivity contribution in [3.8, 4) is 11.5 Å². The van der Waals surface area contributed by atoms with E-state index in [1.54, 1.807) is 6.08 Å². The van der Waals surface area contributed by atoms with Crippen LogP contribution in [0.4, 0.5) is 0 Å². The number of amides is 1. The molecular formula is C31H30N4O3S. The molecule has 0 fully saturated rings. The highest BCUT2D eigenvalue weighted by molar-refractivity contribution is 8.27. The number of aliphatic imine (C=N–C) groups is 1. The van der Waals surface area contributed by atoms with Crippen LogP contribution in [-0.4, -0.2) is 40.2 Å². The molecule has 2 heterocycles. The first kappa shape index (κ1) is 26.4. The van der Waals surface area contributed by atoms with Crippen LogP contribution >= 0.6 is 11.8 Å². The van der Waals surface area contributed by atoms with Crippen molar-refractivity contribution in [1.82, 2.24) is 5.01 Å². The largest absolute Gasteiger partial charge is 0.490 e. The van der Waals surface area contributed by atoms with Gasteiger partial charge in [0.05, 0.1) is 5.57 Å². The highest BCUT2D eigenvalue weighted by atomic mass is 32.2. The molecule has 2 aliphatic heterocycles. The highest BCUT2D eigenvalue weighted by Gasteiger charge is 2.36. The van der Waals surface area contributed by atoms with Crippen LogP contribution in [0, 0.1) is 12.3 Å². The summed E-state index contributed by atoms with van der Waals surface area (Å²) in [5.41, 5.74) is 4.34. The van der Waals surface area contributed by atoms with Gasteiger partial charge in [0.1, 0.15) is 29.8 Å². The summed E-state index contributed by atoms with van der Waals surface area (Å²) in [6, 6.07) is 23.5. The molecule has 39 heavy (non-hydrogen) atoms. The van der Waals surface area contributed by atoms with Gasteiger partial charge < -0.3 is 9.47 Å². The second kappa shape index (κ2) is 11.7. The lowest BCUT2D eigenvalue weighted by atomic mass is 9.99. The van der Waals surface area contributed by atoms with Gasteiger partial charge in [0.15, 0.2) is 5.84 Å². The average Bonchev–Trinajstić information content (AvgIpc) is 3.38. The molecule has 0 aliphatic carbocycles. The molecule has 0 aromatic heterocycles. The number of amidine groups is 2. The van der Waals surface area contributed by atoms with E-state index in [2.05, 4.69) is 36.1 Å². The number of nitrogens with one attached hydrogen (secondary N) is 1. The van der Waals surface area contributed by atoms with Crippen molar-refractivity contribution in [3.63, 3.8) is 0 Å². The number of hydrazone groups is 1. The molecule has 0 bridgehead atoms. The fraction of sp³-hybridized carbons (Fsp3) is 0.226. The number of ether oxygens (including phenoxy) is 2. The van der Waals surface area contributed by atoms with E-state index in [-0.39, 0.29) is 11.4 Å². The minimum atomic E-state index is -0.450. The summed E-state index contributed by atoms with van der Waals surface area (Å²) in [7, 11) is 0. The molecule has 8 heteroatoms. The van der Waals surface area contributed by atoms with Gasteiger partial charge in [-0.15, -0.1) is 0 Å². The first-order valence-corrected chi connectivity index (χ1v) is 13.8. The van der Waals surface area contributed by atoms with Crippen molar-refractivity contribution in [2.75, 3.05) is 13.2 Å². The van der Waals surface area contributed by atoms with Crippen LogP contribution in [0.2, 0.25) is 0 Å². The van der Waals surface area contributed by atoms with Gasteiger partial charge in [0.2, 0.25) is 5.17 Å². The molecule has 2 aliphatic rings. The number of benzene rings is 3. The molecule has 0 radical (unpaired) electrons. The van der Waals surface area contributed by atoms with Gasteiger partial charge >= 0.3 is 0 Å². The summed E-state index contributed by atoms with van der Waals surface area (Å²) in [5.74, 6) is 1.62. The minimum Gasteiger partial charge on any atom is -0.490 e. The number of hydrogen-bond acceptors (Lipinski definition) is 6. The summed E-state index contributed by atoms with van der Waals surface area (Å²) in [4.78, 5) is 16.9. The van der Waals surface area contributed by atoms with Gasteiger partial charge in [-0.2, -0.15) is 15.1 Å². The average molecular weight is 539 g/mol. The van der Waals surface area contributed by atoms with E-state index in [0.717, 1.165) is 28.9 Å². The van der Waals surface area contributed by atoms with E-state index >= 15 is 0 Å². The highest BCUT2D eigenvalue weighted by Crippen LogP contribution is 2.31. The SMILES string of the molecule is CC[C@H](C)c1ccc(OCCOc2ccc(/C=C3/C(=N)N4N=C(c5ccc(C)cc5)SC4=NC3=O)cc2)cc1. The fourth-order valence-corrected chi connectivity index (χ4v) is 4.98. The molecule has 3 aromatic carbocycles. The molecule has 198 valence electrons. The molecule has 0 spiro atoms. The monoisotopic (exact) mass is 538 g/mol. The van der Waals surface area contributed by atoms with Crippen molar-refractivity contribution < 1.29 is 14.3 Å². The lowest BCUT2D eigenvalue weighted by Crippen LogP contribution is -2.35. The normalized spacial score (nSPS) is 16.6. The number of aryl methyl sites for hydroxylation is 1. The summed E-state index contributed by atoms with van der Waals surface area (Å²) in [6.07, 6.45) is 2.77. The summed E-state index contributed by atoms with van der Waals surface area (Å²) >= 11 is 1.29. The van der Waals surface area contributed by atoms with Gasteiger partial charge in [-0.1, -0.05) is 67.9 Å². The summed E-state index contributed by atoms with van der Waals surface area (Å²) < 4.78 is 11.6. The Kier molecular flexibility index (Phi) is 7.93. The molecule has 5 rings (SSSR count). The van der Waals surface area contributed by atoms with E-state index in [1.807, 2.05) is 67.6 Å². The van der Waals surface area contributed by atoms with Crippen LogP contribution in [0.1, 0.15) is 48.4 Å². The van der Waals surface area contributed by atoms with Gasteiger partial charge in [-0.3, -0.25) is 10.2 Å². The predicted octanol–water partition coefficient (Wildman–Crippen LogP) is 6.63. The van der Waals surface area contributed by atoms with Crippen molar-refractivity contribution in [2.45, 2.75) is 33.1 Å². The summed E-state index contributed by atoms with van der Waals surface area (Å²) in [6.45, 7) is 7.26. The molecule has 1 amide bonds. The van der Waals surface area contributed by atoms with Crippen LogP contribution < -0.4 is 9.47 Å². The number of carbonyl (C=O) groups excluding carboxylic acids is 1. The maximum absolute atomic E-state index is 12.7. The molecule has 7 nitrogen and oxygen atoms in total. The third-order valence-corrected chi connectivity index (χ3v) is 7.58. The Bertz CT molecular complexity index is 1460. The Hall–Kier alpha value is -4.17. The Morgan fingerprint density at radius 2 is 1.56 bits per heavy atom. The van der Waals surface area contributed by atoms with Gasteiger partial charge in [0.25, 0.3) is 5.91 Å². The topological polar surface area (TPSA) is 87.3 Å². The number of rotatable bonds is 9. The smallest absolute Gasteiger partial charge is 0.283 e. The summed E-state index contributed by atoms with van der Waals surface area (Å²) in [5, 5.41) is 15.7. The van der Waals surface area contributed by atoms with Crippen LogP contribution in [0.3, 0.4) is 0 Å². The van der Waals surface area contributed by atoms with Crippen LogP contribution in [0.25, 0.3) is 6.08 Å². The Balaban J connectivity index is 1.17. The number of thioether (sulfide) groups is 1. The molecule has 1 atom stereocenters. The zero-order chi connectivity index (χ0) is 27.4. The zero-order valence-corrected chi connectivity index (χ0v) is 23.0. The molecule has 0 saturated heterocycles. The number of fused-ring (bicyclic) bond motifs is 1. The Labute approximate surface area is 232 Å². The quantitative estimate of drug-likeness (QED) is 0.244. The van der Waals surface area contributed by atoms with Crippen LogP contribution in [0.15, 0.2) is 88.5 Å². The first-order chi connectivity index (χ1) is 18.9. The lowest BCUT2D eigenvalue weighted by Gasteiger charge is -2.20. The molecule has 0 unspecified atom stereocenters. The Morgan fingerprint density at radius 3 is 2.18 bits per heavy atom. The first-order valence-electron chi connectivity index (χ1n) is 12.9. The van der Waals surface area contributed by atoms with Gasteiger partial charge in [-0.05, 0) is 72.5 Å². The zero-order valence-electron chi connectivity index (χ0n) is 22.2. The van der Waals surface area contributed by atoms with E-state index in [0.29, 0.717) is 35.1 Å². The number of carbonyl (C=O) groups is 1. The fourth-order valence-electron chi connectivity index (χ4n) is 4.08. The maximum Gasteiger partial charge on any atom is 0.283 e. The lowest BCUT2D eigenvalue weighted by molar-refractivity contribution is -0.114. The predicted molar refractivity (Wildman–Crippen MR) is 158 cm³/mol. The molecule has 0 saturated carbocycles. The van der Waals surface area contributed by atoms with E-state index in [4.69, 9.17) is 14.9 Å². The molecule has 1 N–H and O–H groups in total. The van der Waals surface area contributed by atoms with Gasteiger partial charge in [0, 0.05) is 5.56 Å². The van der Waals surface area contributed by atoms with Crippen LogP contribution in [-0.2, 0) is 4.79 Å². The maximum atomic E-state index is 12.7. The van der Waals surface area contributed by atoms with Crippen molar-refractivity contribution in [3.05, 3.63) is 101 Å². The van der Waals surface area contributed by atoms with E-state index < -0.39 is 5.91 Å². The van der Waals surface area contributed by atoms with E-state index in [1.165, 1.54) is 22.3 Å². The standard InChI is InChI=1S/C31H30N4O3S/c1-4-21(3)23-11-15-26(16-12-23)38-18-17-37-25-13-7-22(8-14-25)19-27-28(32)35-31(33-29(27)36)39-30(34-35)24-9-5-20(2)6-10-24/h5-16,19,21,32H,4,17-18H2,1-3H3/b27-19-,32-28?/t21-/m0/s1. The van der Waals surface area contributed by atoms with E-state index in [9.17, 15) is 4.79 Å². The van der Waals surface area contributed by atoms with Crippen LogP contribution in [0.5, 0.6) is 11.5 Å². The second-order valence-corrected chi connectivity index (χ2v) is 10.4. The third kappa shape index (κ3) is 6.12. The molecule has 3 aromatic rings. The van der Waals surface area contributed by atoms with Crippen molar-refractivity contribution in [2.24, 2.45) is 10.1 Å². The number of nitrogens with zero attached hydrogens (tertiary/aromatic N) is 3. The van der Waals surface area contributed by atoms with Crippen molar-refractivity contribution >= 4 is 39.8 Å². The minimum absolute atomic E-state index is 0.00858. The number of hydrogen-bond donors (Lipinski definition) is 1. The Morgan fingerprint density at radius 1 is 0.949 bits per heavy atom. The molecular weight excluding hydrogens is 508 g/mol. The second-order valence-electron chi connectivity index (χ2n) is 9.44.